The molecule has 188 valence electrons. The molecule has 2 aromatic carbocycles. The van der Waals surface area contributed by atoms with Crippen molar-refractivity contribution in [3.8, 4) is 11.5 Å². The number of hydrogen-bond donors (Lipinski definition) is 0. The summed E-state index contributed by atoms with van der Waals surface area (Å²) in [5.74, 6) is 1.48. The Bertz CT molecular complexity index is 1080. The third-order valence-electron chi connectivity index (χ3n) is 6.01. The quantitative estimate of drug-likeness (QED) is 0.319. The van der Waals surface area contributed by atoms with Crippen LogP contribution in [0.3, 0.4) is 0 Å². The summed E-state index contributed by atoms with van der Waals surface area (Å²) in [6, 6.07) is 13.4. The van der Waals surface area contributed by atoms with Crippen LogP contribution in [0.5, 0.6) is 11.5 Å². The number of fused-ring (bicyclic) bond motifs is 1. The van der Waals surface area contributed by atoms with E-state index in [-0.39, 0.29) is 5.91 Å². The molecular weight excluding hydrogens is 462 g/mol. The van der Waals surface area contributed by atoms with Gasteiger partial charge in [-0.05, 0) is 49.7 Å². The van der Waals surface area contributed by atoms with Gasteiger partial charge >= 0.3 is 0 Å². The zero-order chi connectivity index (χ0) is 24.5. The van der Waals surface area contributed by atoms with E-state index in [0.29, 0.717) is 30.5 Å². The Morgan fingerprint density at radius 2 is 1.89 bits per heavy atom. The third-order valence-corrected chi connectivity index (χ3v) is 7.05. The van der Waals surface area contributed by atoms with Crippen LogP contribution in [-0.2, 0) is 4.74 Å². The molecule has 1 aliphatic rings. The molecule has 0 saturated carbocycles. The van der Waals surface area contributed by atoms with Gasteiger partial charge in [0.25, 0.3) is 5.91 Å². The second kappa shape index (κ2) is 12.9. The van der Waals surface area contributed by atoms with Crippen molar-refractivity contribution in [2.75, 3.05) is 57.5 Å². The van der Waals surface area contributed by atoms with E-state index in [0.717, 1.165) is 73.8 Å². The summed E-state index contributed by atoms with van der Waals surface area (Å²) in [4.78, 5) is 22.7. The van der Waals surface area contributed by atoms with Crippen molar-refractivity contribution in [2.24, 2.45) is 0 Å². The van der Waals surface area contributed by atoms with E-state index in [1.54, 1.807) is 4.90 Å². The average molecular weight is 498 g/mol. The molecule has 3 aromatic rings. The van der Waals surface area contributed by atoms with E-state index in [1.807, 2.05) is 49.4 Å². The first-order valence-electron chi connectivity index (χ1n) is 12.6. The van der Waals surface area contributed by atoms with Crippen molar-refractivity contribution in [1.29, 1.82) is 0 Å². The first kappa shape index (κ1) is 25.4. The third kappa shape index (κ3) is 6.72. The maximum Gasteiger partial charge on any atom is 0.260 e. The largest absolute Gasteiger partial charge is 0.494 e. The number of nitrogens with zero attached hydrogens (tertiary/aromatic N) is 3. The summed E-state index contributed by atoms with van der Waals surface area (Å²) < 4.78 is 18.1. The van der Waals surface area contributed by atoms with Crippen LogP contribution in [0.2, 0.25) is 0 Å². The molecule has 1 aliphatic heterocycles. The molecule has 1 saturated heterocycles. The maximum absolute atomic E-state index is 13.7. The highest BCUT2D eigenvalue weighted by Crippen LogP contribution is 2.35. The number of amides is 1. The Hall–Kier alpha value is -2.68. The van der Waals surface area contributed by atoms with E-state index >= 15 is 0 Å². The van der Waals surface area contributed by atoms with Gasteiger partial charge in [-0.25, -0.2) is 4.98 Å². The minimum absolute atomic E-state index is 0.0622. The van der Waals surface area contributed by atoms with Gasteiger partial charge in [0.05, 0.1) is 31.1 Å². The van der Waals surface area contributed by atoms with E-state index < -0.39 is 0 Å². The molecule has 1 fully saturated rings. The first-order valence-corrected chi connectivity index (χ1v) is 13.4. The van der Waals surface area contributed by atoms with Crippen LogP contribution in [0.1, 0.15) is 43.5 Å². The molecule has 1 amide bonds. The Morgan fingerprint density at radius 3 is 2.63 bits per heavy atom. The molecule has 0 radical (unpaired) electrons. The fourth-order valence-electron chi connectivity index (χ4n) is 4.04. The van der Waals surface area contributed by atoms with Crippen molar-refractivity contribution in [3.05, 3.63) is 48.0 Å². The minimum Gasteiger partial charge on any atom is -0.494 e. The van der Waals surface area contributed by atoms with Gasteiger partial charge in [0.15, 0.2) is 5.13 Å². The molecule has 35 heavy (non-hydrogen) atoms. The Balaban J connectivity index is 1.55. The molecule has 0 unspecified atom stereocenters. The smallest absolute Gasteiger partial charge is 0.260 e. The van der Waals surface area contributed by atoms with Crippen LogP contribution in [0, 0.1) is 0 Å². The molecule has 4 rings (SSSR count). The van der Waals surface area contributed by atoms with Gasteiger partial charge in [0.2, 0.25) is 0 Å². The summed E-state index contributed by atoms with van der Waals surface area (Å²) in [5, 5.41) is 0.685. The van der Waals surface area contributed by atoms with Crippen molar-refractivity contribution in [1.82, 2.24) is 9.88 Å². The molecule has 0 bridgehead atoms. The van der Waals surface area contributed by atoms with Crippen molar-refractivity contribution < 1.29 is 19.0 Å². The average Bonchev–Trinajstić information content (AvgIpc) is 3.33. The predicted octanol–water partition coefficient (Wildman–Crippen LogP) is 5.24. The fraction of sp³-hybridized carbons (Fsp3) is 0.481. The highest BCUT2D eigenvalue weighted by Gasteiger charge is 2.23. The minimum atomic E-state index is -0.0622. The summed E-state index contributed by atoms with van der Waals surface area (Å²) in [6.07, 6.45) is 3.35. The van der Waals surface area contributed by atoms with Crippen LogP contribution in [0.4, 0.5) is 5.13 Å². The summed E-state index contributed by atoms with van der Waals surface area (Å²) in [7, 11) is 0. The van der Waals surface area contributed by atoms with E-state index in [1.165, 1.54) is 11.3 Å². The molecular formula is C27H35N3O4S. The van der Waals surface area contributed by atoms with Gasteiger partial charge in [-0.2, -0.15) is 0 Å². The lowest BCUT2D eigenvalue weighted by atomic mass is 10.2. The van der Waals surface area contributed by atoms with Crippen LogP contribution in [-0.4, -0.2) is 68.4 Å². The van der Waals surface area contributed by atoms with Crippen LogP contribution < -0.4 is 14.4 Å². The molecule has 1 aromatic heterocycles. The lowest BCUT2D eigenvalue weighted by molar-refractivity contribution is 0.0391. The maximum atomic E-state index is 13.7. The molecule has 8 heteroatoms. The highest BCUT2D eigenvalue weighted by atomic mass is 32.1. The van der Waals surface area contributed by atoms with Crippen molar-refractivity contribution >= 4 is 32.6 Å². The number of rotatable bonds is 12. The van der Waals surface area contributed by atoms with Gasteiger partial charge in [0.1, 0.15) is 17.0 Å². The first-order chi connectivity index (χ1) is 17.2. The number of thiazole rings is 1. The number of hydrogen-bond acceptors (Lipinski definition) is 7. The van der Waals surface area contributed by atoms with Gasteiger partial charge in [-0.3, -0.25) is 14.6 Å². The number of benzene rings is 2. The predicted molar refractivity (Wildman–Crippen MR) is 141 cm³/mol. The summed E-state index contributed by atoms with van der Waals surface area (Å²) in [5.41, 5.74) is 1.42. The molecule has 0 spiro atoms. The van der Waals surface area contributed by atoms with Gasteiger partial charge in [-0.15, -0.1) is 0 Å². The second-order valence-corrected chi connectivity index (χ2v) is 9.53. The molecule has 0 N–H and O–H groups in total. The van der Waals surface area contributed by atoms with E-state index in [4.69, 9.17) is 19.2 Å². The van der Waals surface area contributed by atoms with E-state index in [2.05, 4.69) is 11.8 Å². The van der Waals surface area contributed by atoms with Gasteiger partial charge in [-0.1, -0.05) is 37.2 Å². The lowest BCUT2D eigenvalue weighted by Crippen LogP contribution is -2.43. The van der Waals surface area contributed by atoms with Crippen molar-refractivity contribution in [2.45, 2.75) is 33.1 Å². The fourth-order valence-corrected chi connectivity index (χ4v) is 5.05. The van der Waals surface area contributed by atoms with Gasteiger partial charge in [0, 0.05) is 31.7 Å². The summed E-state index contributed by atoms with van der Waals surface area (Å²) in [6.45, 7) is 9.93. The highest BCUT2D eigenvalue weighted by molar-refractivity contribution is 7.22. The molecule has 7 nitrogen and oxygen atoms in total. The normalized spacial score (nSPS) is 14.2. The zero-order valence-electron chi connectivity index (χ0n) is 20.7. The Labute approximate surface area is 211 Å². The molecule has 2 heterocycles. The number of anilines is 1. The number of carbonyl (C=O) groups is 1. The lowest BCUT2D eigenvalue weighted by Gasteiger charge is -2.29. The van der Waals surface area contributed by atoms with Crippen LogP contribution >= 0.6 is 11.3 Å². The summed E-state index contributed by atoms with van der Waals surface area (Å²) >= 11 is 1.52. The standard InChI is InChI=1S/C27H35N3O4S/c1-3-5-6-18-34-22-12-10-21(11-13-22)26(31)30(15-14-29-16-19-32-20-17-29)27-28-25-23(33-4-2)8-7-9-24(25)35-27/h7-13H,3-6,14-20H2,1-2H3. The Morgan fingerprint density at radius 1 is 1.09 bits per heavy atom. The van der Waals surface area contributed by atoms with Crippen molar-refractivity contribution in [3.63, 3.8) is 0 Å². The molecule has 0 aliphatic carbocycles. The number of ether oxygens (including phenoxy) is 3. The van der Waals surface area contributed by atoms with Crippen LogP contribution in [0.15, 0.2) is 42.5 Å². The zero-order valence-corrected chi connectivity index (χ0v) is 21.5. The van der Waals surface area contributed by atoms with E-state index in [9.17, 15) is 4.79 Å². The number of morpholine rings is 1. The monoisotopic (exact) mass is 497 g/mol. The number of para-hydroxylation sites is 1. The Kier molecular flexibility index (Phi) is 9.34. The number of aromatic nitrogens is 1. The van der Waals surface area contributed by atoms with Crippen LogP contribution in [0.25, 0.3) is 10.2 Å². The molecule has 0 atom stereocenters. The second-order valence-electron chi connectivity index (χ2n) is 8.52. The SMILES string of the molecule is CCCCCOc1ccc(C(=O)N(CCN2CCOCC2)c2nc3c(OCC)cccc3s2)cc1. The number of unbranched alkanes of at least 4 members (excludes halogenated alkanes) is 2. The topological polar surface area (TPSA) is 64.1 Å². The number of carbonyl (C=O) groups excluding carboxylic acids is 1. The van der Waals surface area contributed by atoms with Gasteiger partial charge < -0.3 is 14.2 Å².